The largest absolute Gasteiger partial charge is 0.479 e. The Morgan fingerprint density at radius 1 is 0.918 bits per heavy atom. The molecule has 3 aromatic carbocycles. The van der Waals surface area contributed by atoms with Crippen LogP contribution in [0.15, 0.2) is 85.1 Å². The van der Waals surface area contributed by atoms with Crippen molar-refractivity contribution in [1.82, 2.24) is 24.6 Å². The number of aryl methyl sites for hydroxylation is 1. The summed E-state index contributed by atoms with van der Waals surface area (Å²) in [5, 5.41) is 62.8. The Balaban J connectivity index is 0.717. The maximum atomic E-state index is 13.8. The number of ether oxygens (including phenoxy) is 4. The monoisotopic (exact) mass is 1180 g/mol. The number of carbonyl (C=O) groups excluding carboxylic acids is 2. The van der Waals surface area contributed by atoms with Gasteiger partial charge in [0.15, 0.2) is 16.9 Å². The molecule has 0 radical (unpaired) electrons. The van der Waals surface area contributed by atoms with Gasteiger partial charge in [-0.05, 0) is 147 Å². The molecule has 3 amide bonds. The van der Waals surface area contributed by atoms with Crippen molar-refractivity contribution in [3.8, 4) is 28.1 Å². The van der Waals surface area contributed by atoms with E-state index < -0.39 is 54.3 Å². The Kier molecular flexibility index (Phi) is 16.5. The van der Waals surface area contributed by atoms with Gasteiger partial charge in [0.05, 0.1) is 40.0 Å². The zero-order valence-electron chi connectivity index (χ0n) is 48.0. The quantitative estimate of drug-likeness (QED) is 0.0334. The van der Waals surface area contributed by atoms with Gasteiger partial charge in [0.25, 0.3) is 0 Å². The van der Waals surface area contributed by atoms with E-state index in [0.717, 1.165) is 78.5 Å². The summed E-state index contributed by atoms with van der Waals surface area (Å²) in [7, 11) is 1.68. The number of hydrogen-bond acceptors (Lipinski definition) is 17. The summed E-state index contributed by atoms with van der Waals surface area (Å²) in [4.78, 5) is 64.3. The van der Waals surface area contributed by atoms with Crippen molar-refractivity contribution < 1.29 is 63.7 Å². The van der Waals surface area contributed by atoms with Gasteiger partial charge in [-0.2, -0.15) is 5.10 Å². The van der Waals surface area contributed by atoms with Crippen LogP contribution in [0.5, 0.6) is 5.75 Å². The number of amides is 3. The third-order valence-electron chi connectivity index (χ3n) is 17.4. The predicted molar refractivity (Wildman–Crippen MR) is 318 cm³/mol. The number of carbonyl (C=O) groups is 4. The van der Waals surface area contributed by atoms with E-state index in [1.807, 2.05) is 60.1 Å². The van der Waals surface area contributed by atoms with Gasteiger partial charge >= 0.3 is 24.1 Å². The van der Waals surface area contributed by atoms with Crippen molar-refractivity contribution in [2.75, 3.05) is 62.0 Å². The number of likely N-dealkylation sites (N-methyl/N-ethyl adjacent to an activating group) is 1. The van der Waals surface area contributed by atoms with E-state index in [0.29, 0.717) is 84.5 Å². The summed E-state index contributed by atoms with van der Waals surface area (Å²) in [5.41, 5.74) is 12.0. The molecule has 6 aliphatic rings. The number of para-hydroxylation sites is 1. The first kappa shape index (κ1) is 59.2. The van der Waals surface area contributed by atoms with Gasteiger partial charge in [0, 0.05) is 61.3 Å². The fraction of sp³-hybridized carbons (Fsp3) is 0.468. The lowest BCUT2D eigenvalue weighted by atomic mass is 9.39. The highest BCUT2D eigenvalue weighted by Crippen LogP contribution is 2.72. The van der Waals surface area contributed by atoms with Crippen molar-refractivity contribution in [1.29, 1.82) is 0 Å². The van der Waals surface area contributed by atoms with Crippen LogP contribution in [0.25, 0.3) is 38.7 Å². The number of pyridine rings is 1. The van der Waals surface area contributed by atoms with E-state index in [2.05, 4.69) is 29.5 Å². The first-order chi connectivity index (χ1) is 40.6. The van der Waals surface area contributed by atoms with Gasteiger partial charge < -0.3 is 60.4 Å². The number of aliphatic carboxylic acids is 1. The number of hydrogen-bond donors (Lipinski definition) is 8. The van der Waals surface area contributed by atoms with Crippen molar-refractivity contribution in [3.63, 3.8) is 0 Å². The maximum absolute atomic E-state index is 13.8. The van der Waals surface area contributed by atoms with E-state index in [-0.39, 0.29) is 40.3 Å². The average molecular weight is 1180 g/mol. The minimum Gasteiger partial charge on any atom is -0.479 e. The third-order valence-corrected chi connectivity index (χ3v) is 18.3. The first-order valence-electron chi connectivity index (χ1n) is 28.9. The topological polar surface area (TPSA) is 307 Å². The van der Waals surface area contributed by atoms with Crippen LogP contribution in [0.4, 0.5) is 26.1 Å². The summed E-state index contributed by atoms with van der Waals surface area (Å²) in [6.07, 6.45) is 3.77. The second kappa shape index (κ2) is 23.7. The van der Waals surface area contributed by atoms with Crippen LogP contribution in [0, 0.1) is 23.2 Å². The number of nitrogens with two attached hydrogens (primary N) is 1. The number of carboxylic acids is 2. The predicted octanol–water partition coefficient (Wildman–Crippen LogP) is 8.16. The Hall–Kier alpha value is -7.51. The summed E-state index contributed by atoms with van der Waals surface area (Å²) in [5.74, 6) is -2.50. The molecule has 23 heteroatoms. The molecular formula is C62H73N9O13S. The van der Waals surface area contributed by atoms with E-state index in [1.165, 1.54) is 16.2 Å². The molecule has 450 valence electrons. The van der Waals surface area contributed by atoms with Crippen LogP contribution in [0.1, 0.15) is 92.5 Å². The van der Waals surface area contributed by atoms with Gasteiger partial charge in [-0.25, -0.2) is 29.1 Å². The molecular weight excluding hydrogens is 1110 g/mol. The molecule has 1 saturated heterocycles. The maximum Gasteiger partial charge on any atom is 0.409 e. The number of aliphatic hydroxyl groups excluding tert-OH is 3. The molecule has 0 spiro atoms. The summed E-state index contributed by atoms with van der Waals surface area (Å²) in [6.45, 7) is 9.34. The Morgan fingerprint density at radius 3 is 2.46 bits per heavy atom. The summed E-state index contributed by atoms with van der Waals surface area (Å²) >= 11 is 1.42. The lowest BCUT2D eigenvalue weighted by Crippen LogP contribution is -2.64. The molecule has 85 heavy (non-hydrogen) atoms. The van der Waals surface area contributed by atoms with Crippen molar-refractivity contribution in [3.05, 3.63) is 108 Å². The standard InChI is InChI=1S/C62H73N9O13S/c1-36-41(40-17-18-42(66-48(40)53(75)76)39-16-15-38-11-7-22-70(45(38)27-39)57(79)68-56-67-43-12-5-6-13-47(43)85-56)28-65-71(36)35-61-30-59(2)29-60(3,31-61)33-62(32-59,34-61)82-25-23-69(4)58(80)81-24-8-10-37-14-19-46(44(26-37)64-21-9-20-63)83-55-51(74)49(72)50(73)52(84-55)54(77)78/h5-6,8,10,12-19,26-28,49-52,55,64,72-74H,7,9,11,20-25,29-35,63H2,1-4H3,(H,75,76)(H,77,78)(H,67,68,79)/b10-8+/t49-,50-,51+,52-,55+,59?,60?,61?,62?/m0/s1. The molecule has 6 aromatic rings. The SMILES string of the molecule is Cc1c(-c2ccc(-c3ccc4c(c3)N(C(=O)Nc3nc5ccccc5s3)CCC4)nc2C(=O)O)cnn1CC12CC3(C)CC(C)(C1)CC(OCCN(C)C(=O)OC/C=C/c1ccc(O[C@@H]4O[C@H](C(=O)O)[C@@H](O)[C@H](O)[C@H]4O)c(NCCCN)c1)(C3)C2. The van der Waals surface area contributed by atoms with E-state index in [1.54, 1.807) is 54.6 Å². The molecule has 4 aliphatic carbocycles. The first-order valence-corrected chi connectivity index (χ1v) is 29.7. The number of benzene rings is 3. The second-order valence-electron chi connectivity index (χ2n) is 24.5. The summed E-state index contributed by atoms with van der Waals surface area (Å²) in [6, 6.07) is 21.9. The van der Waals surface area contributed by atoms with Gasteiger partial charge in [-0.3, -0.25) is 14.9 Å². The number of carboxylic acid groups (broad SMARTS) is 2. The minimum atomic E-state index is -1.86. The third kappa shape index (κ3) is 12.3. The van der Waals surface area contributed by atoms with Crippen LogP contribution in [-0.4, -0.2) is 157 Å². The minimum absolute atomic E-state index is 0.0231. The smallest absolute Gasteiger partial charge is 0.409 e. The lowest BCUT2D eigenvalue weighted by molar-refractivity contribution is -0.271. The van der Waals surface area contributed by atoms with Gasteiger partial charge in [0.2, 0.25) is 6.29 Å². The number of aromatic nitrogens is 4. The van der Waals surface area contributed by atoms with Crippen LogP contribution in [0.2, 0.25) is 0 Å². The molecule has 4 bridgehead atoms. The van der Waals surface area contributed by atoms with Crippen LogP contribution >= 0.6 is 11.3 Å². The molecule has 22 nitrogen and oxygen atoms in total. The highest BCUT2D eigenvalue weighted by Gasteiger charge is 2.66. The number of urea groups is 1. The fourth-order valence-electron chi connectivity index (χ4n) is 14.8. The molecule has 3 aromatic heterocycles. The van der Waals surface area contributed by atoms with Crippen LogP contribution in [-0.2, 0) is 32.0 Å². The Labute approximate surface area is 495 Å². The van der Waals surface area contributed by atoms with Crippen LogP contribution < -0.4 is 26.0 Å². The average Bonchev–Trinajstić information content (AvgIpc) is 2.95. The van der Waals surface area contributed by atoms with Crippen molar-refractivity contribution in [2.45, 2.75) is 121 Å². The molecule has 4 saturated carbocycles. The van der Waals surface area contributed by atoms with Crippen LogP contribution in [0.3, 0.4) is 0 Å². The second-order valence-corrected chi connectivity index (χ2v) is 25.5. The van der Waals surface area contributed by atoms with Gasteiger partial charge in [0.1, 0.15) is 30.7 Å². The molecule has 12 rings (SSSR count). The molecule has 7 atom stereocenters. The number of rotatable bonds is 20. The van der Waals surface area contributed by atoms with E-state index in [9.17, 15) is 44.7 Å². The fourth-order valence-corrected chi connectivity index (χ4v) is 15.6. The zero-order chi connectivity index (χ0) is 60.0. The van der Waals surface area contributed by atoms with Crippen molar-refractivity contribution in [2.24, 2.45) is 22.0 Å². The Morgan fingerprint density at radius 2 is 1.71 bits per heavy atom. The number of aromatic carboxylic acids is 1. The highest BCUT2D eigenvalue weighted by atomic mass is 32.1. The lowest BCUT2D eigenvalue weighted by Gasteiger charge is -2.69. The van der Waals surface area contributed by atoms with E-state index in [4.69, 9.17) is 34.8 Å². The van der Waals surface area contributed by atoms with Crippen molar-refractivity contribution >= 4 is 68.2 Å². The van der Waals surface area contributed by atoms with E-state index >= 15 is 0 Å². The molecule has 2 aliphatic heterocycles. The molecule has 5 heterocycles. The number of fused-ring (bicyclic) bond motifs is 2. The van der Waals surface area contributed by atoms with Gasteiger partial charge in [-0.15, -0.1) is 0 Å². The molecule has 5 fully saturated rings. The zero-order valence-corrected chi connectivity index (χ0v) is 48.8. The number of thiazole rings is 1. The number of nitrogens with zero attached hydrogens (tertiary/aromatic N) is 6. The number of aliphatic hydroxyl groups is 3. The molecule has 9 N–H and O–H groups in total. The highest BCUT2D eigenvalue weighted by molar-refractivity contribution is 7.22. The molecule has 2 unspecified atom stereocenters. The number of anilines is 3. The number of nitrogens with one attached hydrogen (secondary N) is 2. The normalized spacial score (nSPS) is 26.8. The van der Waals surface area contributed by atoms with Gasteiger partial charge in [-0.1, -0.05) is 61.6 Å². The summed E-state index contributed by atoms with van der Waals surface area (Å²) < 4.78 is 26.7. The Bertz CT molecular complexity index is 3500.